The topological polar surface area (TPSA) is 29.1 Å². The second kappa shape index (κ2) is 4.58. The number of rotatable bonds is 3. The monoisotopic (exact) mass is 259 g/mol. The largest absolute Gasteiger partial charge is 0.349 e. The second-order valence-corrected chi connectivity index (χ2v) is 5.12. The molecule has 1 N–H and O–H groups in total. The summed E-state index contributed by atoms with van der Waals surface area (Å²) in [7, 11) is 0. The van der Waals surface area contributed by atoms with Crippen LogP contribution in [0.1, 0.15) is 15.2 Å². The number of hydrogen-bond acceptors (Lipinski definition) is 2. The zero-order valence-electron chi connectivity index (χ0n) is 7.26. The van der Waals surface area contributed by atoms with Gasteiger partial charge in [-0.15, -0.1) is 17.9 Å². The highest BCUT2D eigenvalue weighted by atomic mass is 79.9. The summed E-state index contributed by atoms with van der Waals surface area (Å²) in [5.41, 5.74) is 0.698. The number of hydrogen-bond donors (Lipinski definition) is 1. The fourth-order valence-electron chi connectivity index (χ4n) is 0.901. The first-order chi connectivity index (χ1) is 6.15. The van der Waals surface area contributed by atoms with E-state index in [0.29, 0.717) is 12.1 Å². The van der Waals surface area contributed by atoms with Crippen LogP contribution in [0.3, 0.4) is 0 Å². The zero-order valence-corrected chi connectivity index (χ0v) is 9.67. The Morgan fingerprint density at radius 3 is 3.00 bits per heavy atom. The molecule has 0 aliphatic heterocycles. The van der Waals surface area contributed by atoms with Crippen molar-refractivity contribution in [2.75, 3.05) is 6.54 Å². The van der Waals surface area contributed by atoms with E-state index >= 15 is 0 Å². The van der Waals surface area contributed by atoms with Gasteiger partial charge in [-0.25, -0.2) is 0 Å². The lowest BCUT2D eigenvalue weighted by molar-refractivity contribution is 0.0958. The zero-order chi connectivity index (χ0) is 9.84. The number of nitrogens with one attached hydrogen (secondary N) is 1. The van der Waals surface area contributed by atoms with Gasteiger partial charge in [0.15, 0.2) is 0 Å². The summed E-state index contributed by atoms with van der Waals surface area (Å²) in [6.07, 6.45) is 1.66. The lowest BCUT2D eigenvalue weighted by Gasteiger charge is -1.99. The molecule has 0 radical (unpaired) electrons. The lowest BCUT2D eigenvalue weighted by Crippen LogP contribution is -2.22. The summed E-state index contributed by atoms with van der Waals surface area (Å²) < 4.78 is 0.881. The van der Waals surface area contributed by atoms with Crippen LogP contribution < -0.4 is 5.32 Å². The number of carbonyl (C=O) groups is 1. The number of thiophene rings is 1. The van der Waals surface area contributed by atoms with Crippen LogP contribution in [0.5, 0.6) is 0 Å². The van der Waals surface area contributed by atoms with E-state index in [2.05, 4.69) is 27.8 Å². The summed E-state index contributed by atoms with van der Waals surface area (Å²) in [5, 5.41) is 2.72. The van der Waals surface area contributed by atoms with Crippen LogP contribution >= 0.6 is 27.3 Å². The van der Waals surface area contributed by atoms with Crippen molar-refractivity contribution in [1.29, 1.82) is 0 Å². The van der Waals surface area contributed by atoms with Gasteiger partial charge < -0.3 is 5.32 Å². The van der Waals surface area contributed by atoms with E-state index in [9.17, 15) is 4.79 Å². The summed E-state index contributed by atoms with van der Waals surface area (Å²) in [6.45, 7) is 6.00. The molecule has 2 nitrogen and oxygen atoms in total. The lowest BCUT2D eigenvalue weighted by atomic mass is 10.3. The van der Waals surface area contributed by atoms with E-state index < -0.39 is 0 Å². The maximum atomic E-state index is 11.5. The summed E-state index contributed by atoms with van der Waals surface area (Å²) in [6, 6.07) is 1.87. The van der Waals surface area contributed by atoms with Crippen LogP contribution in [0.2, 0.25) is 0 Å². The van der Waals surface area contributed by atoms with Gasteiger partial charge in [0.05, 0.1) is 9.35 Å². The third kappa shape index (κ3) is 2.67. The average molecular weight is 260 g/mol. The summed E-state index contributed by atoms with van der Waals surface area (Å²) in [5.74, 6) is -0.0591. The molecule has 0 bridgehead atoms. The van der Waals surface area contributed by atoms with Gasteiger partial charge in [0.1, 0.15) is 0 Å². The number of aryl methyl sites for hydroxylation is 1. The fraction of sp³-hybridized carbons (Fsp3) is 0.222. The SMILES string of the molecule is C=CCNC(=O)c1cc(C)sc1Br. The predicted octanol–water partition coefficient (Wildman–Crippen LogP) is 2.73. The highest BCUT2D eigenvalue weighted by Crippen LogP contribution is 2.27. The molecule has 13 heavy (non-hydrogen) atoms. The van der Waals surface area contributed by atoms with Gasteiger partial charge in [0.2, 0.25) is 0 Å². The van der Waals surface area contributed by atoms with E-state index in [4.69, 9.17) is 0 Å². The molecular formula is C9H10BrNOS. The molecule has 0 aromatic carbocycles. The Balaban J connectivity index is 2.76. The van der Waals surface area contributed by atoms with Crippen molar-refractivity contribution in [2.24, 2.45) is 0 Å². The normalized spacial score (nSPS) is 9.69. The smallest absolute Gasteiger partial charge is 0.253 e. The molecule has 1 heterocycles. The molecule has 70 valence electrons. The van der Waals surface area contributed by atoms with Crippen molar-refractivity contribution >= 4 is 33.2 Å². The molecule has 0 aliphatic rings. The standard InChI is InChI=1S/C9H10BrNOS/c1-3-4-11-9(12)7-5-6(2)13-8(7)10/h3,5H,1,4H2,2H3,(H,11,12). The highest BCUT2D eigenvalue weighted by molar-refractivity contribution is 9.11. The van der Waals surface area contributed by atoms with Crippen molar-refractivity contribution in [1.82, 2.24) is 5.32 Å². The van der Waals surface area contributed by atoms with Gasteiger partial charge in [-0.3, -0.25) is 4.79 Å². The molecule has 1 amide bonds. The van der Waals surface area contributed by atoms with Gasteiger partial charge in [-0.1, -0.05) is 6.08 Å². The van der Waals surface area contributed by atoms with Crippen LogP contribution in [0, 0.1) is 6.92 Å². The second-order valence-electron chi connectivity index (χ2n) is 2.54. The minimum atomic E-state index is -0.0591. The third-order valence-corrected chi connectivity index (χ3v) is 3.21. The first-order valence-electron chi connectivity index (χ1n) is 3.80. The summed E-state index contributed by atoms with van der Waals surface area (Å²) in [4.78, 5) is 12.6. The molecule has 0 atom stereocenters. The Morgan fingerprint density at radius 1 is 1.85 bits per heavy atom. The van der Waals surface area contributed by atoms with Gasteiger partial charge in [-0.05, 0) is 28.9 Å². The van der Waals surface area contributed by atoms with E-state index in [-0.39, 0.29) is 5.91 Å². The summed E-state index contributed by atoms with van der Waals surface area (Å²) >= 11 is 4.90. The quantitative estimate of drug-likeness (QED) is 0.832. The molecule has 0 saturated heterocycles. The maximum Gasteiger partial charge on any atom is 0.253 e. The molecule has 0 fully saturated rings. The number of halogens is 1. The third-order valence-electron chi connectivity index (χ3n) is 1.46. The Bertz CT molecular complexity index is 332. The minimum absolute atomic E-state index is 0.0591. The molecule has 0 unspecified atom stereocenters. The van der Waals surface area contributed by atoms with Gasteiger partial charge in [0, 0.05) is 11.4 Å². The van der Waals surface area contributed by atoms with Crippen molar-refractivity contribution < 1.29 is 4.79 Å². The first-order valence-corrected chi connectivity index (χ1v) is 5.41. The Hall–Kier alpha value is -0.610. The maximum absolute atomic E-state index is 11.5. The van der Waals surface area contributed by atoms with Crippen molar-refractivity contribution in [3.05, 3.63) is 32.9 Å². The molecule has 1 aromatic rings. The first kappa shape index (κ1) is 10.5. The van der Waals surface area contributed by atoms with Crippen LogP contribution in [-0.4, -0.2) is 12.5 Å². The van der Waals surface area contributed by atoms with Crippen LogP contribution in [0.15, 0.2) is 22.5 Å². The highest BCUT2D eigenvalue weighted by Gasteiger charge is 2.11. The molecule has 1 aromatic heterocycles. The molecule has 1 rings (SSSR count). The molecule has 0 spiro atoms. The van der Waals surface area contributed by atoms with Crippen molar-refractivity contribution in [3.63, 3.8) is 0 Å². The van der Waals surface area contributed by atoms with Crippen molar-refractivity contribution in [2.45, 2.75) is 6.92 Å². The molecule has 0 saturated carbocycles. The number of amides is 1. The minimum Gasteiger partial charge on any atom is -0.349 e. The van der Waals surface area contributed by atoms with Crippen LogP contribution in [0.25, 0.3) is 0 Å². The van der Waals surface area contributed by atoms with E-state index in [1.54, 1.807) is 17.4 Å². The van der Waals surface area contributed by atoms with Gasteiger partial charge in [0.25, 0.3) is 5.91 Å². The Kier molecular flexibility index (Phi) is 3.69. The van der Waals surface area contributed by atoms with E-state index in [1.807, 2.05) is 13.0 Å². The fourth-order valence-corrected chi connectivity index (χ4v) is 2.68. The predicted molar refractivity (Wildman–Crippen MR) is 59.3 cm³/mol. The van der Waals surface area contributed by atoms with Gasteiger partial charge in [-0.2, -0.15) is 0 Å². The molecule has 4 heteroatoms. The van der Waals surface area contributed by atoms with Crippen molar-refractivity contribution in [3.8, 4) is 0 Å². The molecular weight excluding hydrogens is 250 g/mol. The van der Waals surface area contributed by atoms with Crippen LogP contribution in [-0.2, 0) is 0 Å². The van der Waals surface area contributed by atoms with Gasteiger partial charge >= 0.3 is 0 Å². The van der Waals surface area contributed by atoms with E-state index in [1.165, 1.54) is 0 Å². The Labute approximate surface area is 89.8 Å². The number of carbonyl (C=O) groups excluding carboxylic acids is 1. The Morgan fingerprint density at radius 2 is 2.54 bits per heavy atom. The van der Waals surface area contributed by atoms with E-state index in [0.717, 1.165) is 8.66 Å². The van der Waals surface area contributed by atoms with Crippen LogP contribution in [0.4, 0.5) is 0 Å². The average Bonchev–Trinajstić information content (AvgIpc) is 2.41. The molecule has 0 aliphatic carbocycles.